The van der Waals surface area contributed by atoms with Gasteiger partial charge in [0, 0.05) is 0 Å². The van der Waals surface area contributed by atoms with Crippen LogP contribution in [0.25, 0.3) is 0 Å². The van der Waals surface area contributed by atoms with Crippen molar-refractivity contribution in [3.05, 3.63) is 30.6 Å². The van der Waals surface area contributed by atoms with Gasteiger partial charge in [-0.1, -0.05) is 12.1 Å². The first-order valence-electron chi connectivity index (χ1n) is 5.90. The van der Waals surface area contributed by atoms with Crippen molar-refractivity contribution in [1.82, 2.24) is 15.2 Å². The van der Waals surface area contributed by atoms with Crippen LogP contribution in [-0.4, -0.2) is 33.6 Å². The summed E-state index contributed by atoms with van der Waals surface area (Å²) in [5, 5.41) is 10.7. The lowest BCUT2D eigenvalue weighted by molar-refractivity contribution is -0.133. The van der Waals surface area contributed by atoms with Gasteiger partial charge in [-0.3, -0.25) is 14.9 Å². The van der Waals surface area contributed by atoms with Gasteiger partial charge in [0.15, 0.2) is 0 Å². The molecule has 0 saturated carbocycles. The van der Waals surface area contributed by atoms with Gasteiger partial charge in [-0.25, -0.2) is 5.10 Å². The van der Waals surface area contributed by atoms with E-state index < -0.39 is 11.8 Å². The van der Waals surface area contributed by atoms with E-state index in [0.29, 0.717) is 18.0 Å². The van der Waals surface area contributed by atoms with E-state index >= 15 is 0 Å². The molecule has 0 unspecified atom stereocenters. The molecule has 0 bridgehead atoms. The summed E-state index contributed by atoms with van der Waals surface area (Å²) in [6, 6.07) is 6.85. The molecule has 0 fully saturated rings. The highest BCUT2D eigenvalue weighted by Crippen LogP contribution is 2.23. The Balaban J connectivity index is 2.02. The van der Waals surface area contributed by atoms with Gasteiger partial charge in [-0.15, -0.1) is 0 Å². The fourth-order valence-electron chi connectivity index (χ4n) is 1.46. The quantitative estimate of drug-likeness (QED) is 0.714. The third kappa shape index (κ3) is 3.31. The minimum absolute atomic E-state index is 0.100. The highest BCUT2D eigenvalue weighted by molar-refractivity contribution is 6.43. The predicted molar refractivity (Wildman–Crippen MR) is 71.3 cm³/mol. The lowest BCUT2D eigenvalue weighted by Gasteiger charge is -2.10. The molecule has 0 aliphatic rings. The van der Waals surface area contributed by atoms with Gasteiger partial charge in [-0.2, -0.15) is 10.1 Å². The molecule has 0 spiro atoms. The summed E-state index contributed by atoms with van der Waals surface area (Å²) in [5.74, 6) is -1.08. The number of aromatic nitrogens is 3. The predicted octanol–water partition coefficient (Wildman–Crippen LogP) is 0.781. The molecule has 2 rings (SSSR count). The number of carbonyl (C=O) groups is 2. The smallest absolute Gasteiger partial charge is 0.316 e. The number of hydrogen-bond acceptors (Lipinski definition) is 5. The fourth-order valence-corrected chi connectivity index (χ4v) is 1.46. The number of amides is 2. The third-order valence-corrected chi connectivity index (χ3v) is 2.29. The zero-order valence-electron chi connectivity index (χ0n) is 10.7. The molecule has 0 aliphatic carbocycles. The molecule has 1 aromatic heterocycles. The molecule has 8 nitrogen and oxygen atoms in total. The van der Waals surface area contributed by atoms with Crippen molar-refractivity contribution in [2.24, 2.45) is 0 Å². The monoisotopic (exact) mass is 275 g/mol. The molecule has 20 heavy (non-hydrogen) atoms. The lowest BCUT2D eigenvalue weighted by atomic mass is 10.3. The molecule has 0 saturated heterocycles. The van der Waals surface area contributed by atoms with E-state index in [2.05, 4.69) is 25.8 Å². The van der Waals surface area contributed by atoms with Crippen LogP contribution in [-0.2, 0) is 9.59 Å². The van der Waals surface area contributed by atoms with Gasteiger partial charge < -0.3 is 10.1 Å². The Morgan fingerprint density at radius 1 is 1.25 bits per heavy atom. The molecule has 2 aromatic rings. The Hall–Kier alpha value is -2.90. The first-order chi connectivity index (χ1) is 9.70. The normalized spacial score (nSPS) is 9.85. The van der Waals surface area contributed by atoms with Gasteiger partial charge >= 0.3 is 11.8 Å². The summed E-state index contributed by atoms with van der Waals surface area (Å²) >= 11 is 0. The molecular formula is C12H13N5O3. The van der Waals surface area contributed by atoms with Crippen molar-refractivity contribution in [2.75, 3.05) is 17.2 Å². The van der Waals surface area contributed by atoms with Crippen LogP contribution >= 0.6 is 0 Å². The average Bonchev–Trinajstić information content (AvgIpc) is 2.94. The summed E-state index contributed by atoms with van der Waals surface area (Å²) < 4.78 is 5.35. The summed E-state index contributed by atoms with van der Waals surface area (Å²) in [5.41, 5.74) is 0.423. The van der Waals surface area contributed by atoms with E-state index in [1.54, 1.807) is 24.3 Å². The number of anilines is 2. The molecule has 1 heterocycles. The highest BCUT2D eigenvalue weighted by Gasteiger charge is 2.16. The first kappa shape index (κ1) is 13.5. The van der Waals surface area contributed by atoms with Crippen LogP contribution in [0.5, 0.6) is 5.75 Å². The van der Waals surface area contributed by atoms with Crippen molar-refractivity contribution in [3.8, 4) is 5.75 Å². The Morgan fingerprint density at radius 2 is 2.00 bits per heavy atom. The Morgan fingerprint density at radius 3 is 2.70 bits per heavy atom. The highest BCUT2D eigenvalue weighted by atomic mass is 16.5. The Bertz CT molecular complexity index is 597. The second-order valence-corrected chi connectivity index (χ2v) is 3.67. The van der Waals surface area contributed by atoms with Gasteiger partial charge in [0.2, 0.25) is 5.95 Å². The minimum Gasteiger partial charge on any atom is -0.492 e. The number of nitrogens with zero attached hydrogens (tertiary/aromatic N) is 2. The van der Waals surface area contributed by atoms with Crippen LogP contribution in [0.2, 0.25) is 0 Å². The van der Waals surface area contributed by atoms with Gasteiger partial charge in [0.05, 0.1) is 12.3 Å². The molecule has 2 amide bonds. The number of ether oxygens (including phenoxy) is 1. The number of aromatic amines is 1. The molecule has 1 aromatic carbocycles. The number of para-hydroxylation sites is 2. The van der Waals surface area contributed by atoms with Crippen molar-refractivity contribution >= 4 is 23.5 Å². The summed E-state index contributed by atoms with van der Waals surface area (Å²) in [6.45, 7) is 2.28. The van der Waals surface area contributed by atoms with Gasteiger partial charge in [0.25, 0.3) is 0 Å². The SMILES string of the molecule is CCOc1ccccc1NC(=O)C(=O)Nc1ncn[nH]1. The maximum Gasteiger partial charge on any atom is 0.316 e. The minimum atomic E-state index is -0.854. The largest absolute Gasteiger partial charge is 0.492 e. The Labute approximate surface area is 114 Å². The molecule has 0 atom stereocenters. The Kier molecular flexibility index (Phi) is 4.28. The van der Waals surface area contributed by atoms with Crippen molar-refractivity contribution in [2.45, 2.75) is 6.92 Å². The topological polar surface area (TPSA) is 109 Å². The van der Waals surface area contributed by atoms with E-state index in [4.69, 9.17) is 4.74 Å². The average molecular weight is 275 g/mol. The van der Waals surface area contributed by atoms with Crippen molar-refractivity contribution < 1.29 is 14.3 Å². The van der Waals surface area contributed by atoms with Gasteiger partial charge in [0.1, 0.15) is 12.1 Å². The summed E-state index contributed by atoms with van der Waals surface area (Å²) in [6.07, 6.45) is 1.22. The van der Waals surface area contributed by atoms with Crippen LogP contribution in [0.1, 0.15) is 6.92 Å². The van der Waals surface area contributed by atoms with Crippen LogP contribution in [0, 0.1) is 0 Å². The van der Waals surface area contributed by atoms with Gasteiger partial charge in [-0.05, 0) is 19.1 Å². The number of benzene rings is 1. The van der Waals surface area contributed by atoms with Crippen molar-refractivity contribution in [1.29, 1.82) is 0 Å². The first-order valence-corrected chi connectivity index (χ1v) is 5.90. The number of carbonyl (C=O) groups excluding carboxylic acids is 2. The second-order valence-electron chi connectivity index (χ2n) is 3.67. The lowest BCUT2D eigenvalue weighted by Crippen LogP contribution is -2.29. The van der Waals surface area contributed by atoms with Crippen molar-refractivity contribution in [3.63, 3.8) is 0 Å². The second kappa shape index (κ2) is 6.32. The molecule has 0 aliphatic heterocycles. The van der Waals surface area contributed by atoms with Crippen LogP contribution in [0.15, 0.2) is 30.6 Å². The molecular weight excluding hydrogens is 262 g/mol. The molecule has 3 N–H and O–H groups in total. The number of rotatable bonds is 4. The number of nitrogens with one attached hydrogen (secondary N) is 3. The summed E-state index contributed by atoms with van der Waals surface area (Å²) in [4.78, 5) is 27.1. The fraction of sp³-hybridized carbons (Fsp3) is 0.167. The van der Waals surface area contributed by atoms with E-state index in [0.717, 1.165) is 0 Å². The standard InChI is InChI=1S/C12H13N5O3/c1-2-20-9-6-4-3-5-8(9)15-10(18)11(19)16-12-13-7-14-17-12/h3-7H,2H2,1H3,(H,15,18)(H2,13,14,16,17,19). The maximum absolute atomic E-state index is 11.8. The number of H-pyrrole nitrogens is 1. The van der Waals surface area contributed by atoms with E-state index in [9.17, 15) is 9.59 Å². The zero-order valence-corrected chi connectivity index (χ0v) is 10.7. The third-order valence-electron chi connectivity index (χ3n) is 2.29. The van der Waals surface area contributed by atoms with E-state index in [1.165, 1.54) is 6.33 Å². The maximum atomic E-state index is 11.8. The number of hydrogen-bond donors (Lipinski definition) is 3. The molecule has 0 radical (unpaired) electrons. The van der Waals surface area contributed by atoms with Crippen LogP contribution in [0.3, 0.4) is 0 Å². The van der Waals surface area contributed by atoms with E-state index in [-0.39, 0.29) is 5.95 Å². The molecule has 104 valence electrons. The molecule has 8 heteroatoms. The van der Waals surface area contributed by atoms with E-state index in [1.807, 2.05) is 6.92 Å². The summed E-state index contributed by atoms with van der Waals surface area (Å²) in [7, 11) is 0. The van der Waals surface area contributed by atoms with Crippen LogP contribution < -0.4 is 15.4 Å². The zero-order chi connectivity index (χ0) is 14.4. The van der Waals surface area contributed by atoms with Crippen LogP contribution in [0.4, 0.5) is 11.6 Å².